The van der Waals surface area contributed by atoms with Gasteiger partial charge < -0.3 is 15.1 Å². The van der Waals surface area contributed by atoms with Gasteiger partial charge in [0.15, 0.2) is 0 Å². The molecule has 4 rings (SSSR count). The van der Waals surface area contributed by atoms with Gasteiger partial charge in [0, 0.05) is 37.9 Å². The van der Waals surface area contributed by atoms with Crippen LogP contribution in [-0.2, 0) is 11.0 Å². The first kappa shape index (κ1) is 24.1. The number of carbonyl (C=O) groups is 1. The van der Waals surface area contributed by atoms with E-state index in [-0.39, 0.29) is 16.8 Å². The van der Waals surface area contributed by atoms with Gasteiger partial charge in [0.2, 0.25) is 5.91 Å². The van der Waals surface area contributed by atoms with Crippen molar-refractivity contribution < 1.29 is 18.0 Å². The lowest BCUT2D eigenvalue weighted by Gasteiger charge is -2.38. The SMILES string of the molecule is Cc1cc(N2CCN(C(=O)[C@@H](Nc3ccc(C(F)(F)F)cc3Cl)C(C)C)CC2)n2ncnc2n1. The lowest BCUT2D eigenvalue weighted by atomic mass is 10.0. The number of anilines is 2. The van der Waals surface area contributed by atoms with Gasteiger partial charge in [-0.2, -0.15) is 27.8 Å². The van der Waals surface area contributed by atoms with Crippen LogP contribution in [0.15, 0.2) is 30.6 Å². The number of aryl methyl sites for hydroxylation is 1. The lowest BCUT2D eigenvalue weighted by Crippen LogP contribution is -2.54. The molecule has 1 N–H and O–H groups in total. The fourth-order valence-electron chi connectivity index (χ4n) is 3.98. The number of benzene rings is 1. The van der Waals surface area contributed by atoms with Crippen LogP contribution in [0, 0.1) is 12.8 Å². The number of alkyl halides is 3. The van der Waals surface area contributed by atoms with Crippen LogP contribution in [-0.4, -0.2) is 62.6 Å². The van der Waals surface area contributed by atoms with Crippen molar-refractivity contribution in [1.29, 1.82) is 0 Å². The Balaban J connectivity index is 1.46. The first-order valence-corrected chi connectivity index (χ1v) is 11.3. The Kier molecular flexibility index (Phi) is 6.57. The highest BCUT2D eigenvalue weighted by molar-refractivity contribution is 6.33. The number of aromatic nitrogens is 4. The highest BCUT2D eigenvalue weighted by Gasteiger charge is 2.33. The van der Waals surface area contributed by atoms with Crippen LogP contribution >= 0.6 is 11.6 Å². The predicted octanol–water partition coefficient (Wildman–Crippen LogP) is 3.89. The highest BCUT2D eigenvalue weighted by Crippen LogP contribution is 2.34. The average molecular weight is 496 g/mol. The third-order valence-electron chi connectivity index (χ3n) is 5.82. The number of nitrogens with zero attached hydrogens (tertiary/aromatic N) is 6. The molecule has 0 bridgehead atoms. The summed E-state index contributed by atoms with van der Waals surface area (Å²) in [4.78, 5) is 25.7. The zero-order valence-corrected chi connectivity index (χ0v) is 19.7. The molecule has 0 spiro atoms. The Morgan fingerprint density at radius 3 is 2.47 bits per heavy atom. The topological polar surface area (TPSA) is 78.7 Å². The molecule has 12 heteroatoms. The Bertz CT molecular complexity index is 1190. The van der Waals surface area contributed by atoms with E-state index in [9.17, 15) is 18.0 Å². The number of nitrogens with one attached hydrogen (secondary N) is 1. The van der Waals surface area contributed by atoms with E-state index in [1.807, 2.05) is 26.8 Å². The number of carbonyl (C=O) groups excluding carboxylic acids is 1. The zero-order chi connectivity index (χ0) is 24.6. The molecule has 182 valence electrons. The predicted molar refractivity (Wildman–Crippen MR) is 123 cm³/mol. The molecule has 0 saturated carbocycles. The molecule has 3 heterocycles. The average Bonchev–Trinajstić information content (AvgIpc) is 3.25. The van der Waals surface area contributed by atoms with Crippen LogP contribution in [0.1, 0.15) is 25.1 Å². The van der Waals surface area contributed by atoms with E-state index in [0.29, 0.717) is 37.6 Å². The molecule has 1 aromatic carbocycles. The molecule has 34 heavy (non-hydrogen) atoms. The summed E-state index contributed by atoms with van der Waals surface area (Å²) in [5, 5.41) is 7.22. The van der Waals surface area contributed by atoms with Crippen molar-refractivity contribution in [3.05, 3.63) is 46.9 Å². The molecule has 3 aromatic rings. The summed E-state index contributed by atoms with van der Waals surface area (Å²) < 4.78 is 40.5. The fourth-order valence-corrected chi connectivity index (χ4v) is 4.21. The molecule has 1 aliphatic rings. The van der Waals surface area contributed by atoms with Crippen molar-refractivity contribution in [3.63, 3.8) is 0 Å². The number of amides is 1. The van der Waals surface area contributed by atoms with E-state index in [0.717, 1.165) is 23.6 Å². The molecule has 1 amide bonds. The third kappa shape index (κ3) is 4.89. The van der Waals surface area contributed by atoms with Crippen LogP contribution in [0.25, 0.3) is 5.78 Å². The van der Waals surface area contributed by atoms with Gasteiger partial charge in [-0.05, 0) is 31.0 Å². The minimum Gasteiger partial charge on any atom is -0.372 e. The minimum absolute atomic E-state index is 0.0806. The van der Waals surface area contributed by atoms with E-state index in [2.05, 4.69) is 25.3 Å². The molecular weight excluding hydrogens is 471 g/mol. The quantitative estimate of drug-likeness (QED) is 0.578. The van der Waals surface area contributed by atoms with Gasteiger partial charge in [-0.1, -0.05) is 25.4 Å². The largest absolute Gasteiger partial charge is 0.416 e. The normalized spacial score (nSPS) is 15.8. The second-order valence-corrected chi connectivity index (χ2v) is 9.01. The van der Waals surface area contributed by atoms with Crippen LogP contribution in [0.2, 0.25) is 5.02 Å². The van der Waals surface area contributed by atoms with E-state index in [1.165, 1.54) is 12.4 Å². The first-order chi connectivity index (χ1) is 16.0. The van der Waals surface area contributed by atoms with Gasteiger partial charge >= 0.3 is 6.18 Å². The number of piperazine rings is 1. The molecule has 2 aromatic heterocycles. The molecule has 1 aliphatic heterocycles. The van der Waals surface area contributed by atoms with Crippen molar-refractivity contribution in [1.82, 2.24) is 24.5 Å². The van der Waals surface area contributed by atoms with Crippen LogP contribution in [0.4, 0.5) is 24.7 Å². The van der Waals surface area contributed by atoms with Gasteiger partial charge in [-0.25, -0.2) is 4.98 Å². The summed E-state index contributed by atoms with van der Waals surface area (Å²) in [5.74, 6) is 1.15. The Hall–Kier alpha value is -3.08. The molecular formula is C22H25ClF3N7O. The maximum Gasteiger partial charge on any atom is 0.416 e. The molecule has 1 fully saturated rings. The van der Waals surface area contributed by atoms with Crippen LogP contribution in [0.3, 0.4) is 0 Å². The number of rotatable bonds is 5. The van der Waals surface area contributed by atoms with Crippen molar-refractivity contribution in [2.75, 3.05) is 36.4 Å². The monoisotopic (exact) mass is 495 g/mol. The van der Waals surface area contributed by atoms with Crippen LogP contribution < -0.4 is 10.2 Å². The summed E-state index contributed by atoms with van der Waals surface area (Å²) in [6.07, 6.45) is -3.03. The Labute approximate surface area is 199 Å². The van der Waals surface area contributed by atoms with E-state index < -0.39 is 17.8 Å². The Morgan fingerprint density at radius 1 is 1.15 bits per heavy atom. The molecule has 0 radical (unpaired) electrons. The molecule has 0 aliphatic carbocycles. The maximum absolute atomic E-state index is 13.3. The van der Waals surface area contributed by atoms with Crippen molar-refractivity contribution >= 4 is 34.8 Å². The summed E-state index contributed by atoms with van der Waals surface area (Å²) >= 11 is 6.10. The third-order valence-corrected chi connectivity index (χ3v) is 6.13. The standard InChI is InChI=1S/C22H25ClF3N7O/c1-13(2)19(30-17-5-4-15(11-16(17)23)22(24,25)26)20(34)32-8-6-31(7-9-32)18-10-14(3)29-21-27-12-28-33(18)21/h4-5,10-13,19,30H,6-9H2,1-3H3/t19-/m0/s1. The van der Waals surface area contributed by atoms with Crippen LogP contribution in [0.5, 0.6) is 0 Å². The maximum atomic E-state index is 13.3. The summed E-state index contributed by atoms with van der Waals surface area (Å²) in [5.41, 5.74) is 0.284. The zero-order valence-electron chi connectivity index (χ0n) is 19.0. The second kappa shape index (κ2) is 9.28. The van der Waals surface area contributed by atoms with Gasteiger partial charge in [0.05, 0.1) is 16.3 Å². The molecule has 1 saturated heterocycles. The van der Waals surface area contributed by atoms with Crippen molar-refractivity contribution in [2.45, 2.75) is 33.0 Å². The van der Waals surface area contributed by atoms with Gasteiger partial charge in [-0.15, -0.1) is 0 Å². The van der Waals surface area contributed by atoms with Gasteiger partial charge in [-0.3, -0.25) is 4.79 Å². The number of hydrogen-bond acceptors (Lipinski definition) is 6. The highest BCUT2D eigenvalue weighted by atomic mass is 35.5. The summed E-state index contributed by atoms with van der Waals surface area (Å²) in [6, 6.07) is 4.39. The van der Waals surface area contributed by atoms with Gasteiger partial charge in [0.25, 0.3) is 5.78 Å². The number of halogens is 4. The fraction of sp³-hybridized carbons (Fsp3) is 0.455. The van der Waals surface area contributed by atoms with Crippen molar-refractivity contribution in [2.24, 2.45) is 5.92 Å². The molecule has 0 unspecified atom stereocenters. The number of fused-ring (bicyclic) bond motifs is 1. The van der Waals surface area contributed by atoms with E-state index in [1.54, 1.807) is 9.42 Å². The smallest absolute Gasteiger partial charge is 0.372 e. The summed E-state index contributed by atoms with van der Waals surface area (Å²) in [7, 11) is 0. The van der Waals surface area contributed by atoms with E-state index >= 15 is 0 Å². The second-order valence-electron chi connectivity index (χ2n) is 8.60. The van der Waals surface area contributed by atoms with E-state index in [4.69, 9.17) is 11.6 Å². The number of hydrogen-bond donors (Lipinski definition) is 1. The summed E-state index contributed by atoms with van der Waals surface area (Å²) in [6.45, 7) is 7.81. The molecule has 1 atom stereocenters. The lowest BCUT2D eigenvalue weighted by molar-refractivity contribution is -0.137. The first-order valence-electron chi connectivity index (χ1n) is 10.9. The van der Waals surface area contributed by atoms with Gasteiger partial charge in [0.1, 0.15) is 18.2 Å². The van der Waals surface area contributed by atoms with Crippen molar-refractivity contribution in [3.8, 4) is 0 Å². The minimum atomic E-state index is -4.49. The Morgan fingerprint density at radius 2 is 1.85 bits per heavy atom. The molecule has 8 nitrogen and oxygen atoms in total.